The average Bonchev–Trinajstić information content (AvgIpc) is 3.32. The number of rotatable bonds is 11. The number of fused-ring (bicyclic) bond motifs is 1. The van der Waals surface area contributed by atoms with Gasteiger partial charge < -0.3 is 29.9 Å². The van der Waals surface area contributed by atoms with E-state index in [1.807, 2.05) is 6.92 Å². The minimum atomic E-state index is -2.82. The summed E-state index contributed by atoms with van der Waals surface area (Å²) in [5.74, 6) is -0.251. The number of hydrogen-bond donors (Lipinski definition) is 4. The standard InChI is InChI=1S/C19H30N5O7P/c1-3-4-5-8-29-19(27)11(2)23-32(28)30-9-14-15(25)16(26)17(31-14)12-6-7-13-18(20)21-10-22-24(12)13/h6-7,10-11,14-17,25-26,32H,3-5,8-9H2,1-2H3,(H,23,28)(H2,20,21,22)/t11-,14+,15+,16+,17-/m0/s1. The molecular weight excluding hydrogens is 441 g/mol. The largest absolute Gasteiger partial charge is 0.465 e. The summed E-state index contributed by atoms with van der Waals surface area (Å²) >= 11 is 0. The SMILES string of the molecule is CCCCCOC(=O)[C@H](C)N[PH](=O)OC[C@H]1O[C@@H](c2ccc3c(N)ncnn23)[C@H](O)[C@@H]1O. The Kier molecular flexibility index (Phi) is 8.57. The van der Waals surface area contributed by atoms with Crippen molar-refractivity contribution < 1.29 is 33.6 Å². The molecule has 0 aliphatic carbocycles. The number of carbonyl (C=O) groups is 1. The molecule has 0 amide bonds. The Bertz CT molecular complexity index is 942. The van der Waals surface area contributed by atoms with Crippen LogP contribution in [-0.4, -0.2) is 68.3 Å². The molecule has 3 rings (SSSR count). The molecule has 0 saturated carbocycles. The lowest BCUT2D eigenvalue weighted by molar-refractivity contribution is -0.145. The van der Waals surface area contributed by atoms with Gasteiger partial charge in [-0.3, -0.25) is 9.36 Å². The molecule has 5 N–H and O–H groups in total. The van der Waals surface area contributed by atoms with E-state index >= 15 is 0 Å². The molecule has 178 valence electrons. The molecule has 0 radical (unpaired) electrons. The molecule has 12 nitrogen and oxygen atoms in total. The summed E-state index contributed by atoms with van der Waals surface area (Å²) in [7, 11) is -2.82. The topological polar surface area (TPSA) is 171 Å². The Morgan fingerprint density at radius 3 is 2.91 bits per heavy atom. The fraction of sp³-hybridized carbons (Fsp3) is 0.632. The molecule has 1 fully saturated rings. The molecule has 1 unspecified atom stereocenters. The van der Waals surface area contributed by atoms with Gasteiger partial charge in [0, 0.05) is 0 Å². The van der Waals surface area contributed by atoms with Crippen LogP contribution in [0.15, 0.2) is 18.5 Å². The summed E-state index contributed by atoms with van der Waals surface area (Å²) in [4.78, 5) is 15.8. The number of anilines is 1. The van der Waals surface area contributed by atoms with Crippen LogP contribution in [0.1, 0.15) is 44.9 Å². The normalized spacial score (nSPS) is 25.1. The van der Waals surface area contributed by atoms with E-state index in [4.69, 9.17) is 19.7 Å². The summed E-state index contributed by atoms with van der Waals surface area (Å²) in [5.41, 5.74) is 6.84. The number of aromatic nitrogens is 3. The zero-order valence-electron chi connectivity index (χ0n) is 18.0. The van der Waals surface area contributed by atoms with Crippen molar-refractivity contribution >= 4 is 25.5 Å². The number of nitrogens with two attached hydrogens (primary N) is 1. The molecule has 1 saturated heterocycles. The molecule has 1 aliphatic heterocycles. The first kappa shape index (κ1) is 24.6. The van der Waals surface area contributed by atoms with Gasteiger partial charge in [0.25, 0.3) is 8.18 Å². The zero-order chi connectivity index (χ0) is 23.3. The molecule has 1 aliphatic rings. The first-order valence-electron chi connectivity index (χ1n) is 10.5. The molecule has 0 spiro atoms. The second kappa shape index (κ2) is 11.2. The van der Waals surface area contributed by atoms with Gasteiger partial charge in [0.05, 0.1) is 18.9 Å². The van der Waals surface area contributed by atoms with Crippen molar-refractivity contribution in [2.75, 3.05) is 18.9 Å². The summed E-state index contributed by atoms with van der Waals surface area (Å²) < 4.78 is 29.8. The highest BCUT2D eigenvalue weighted by atomic mass is 31.1. The quantitative estimate of drug-likeness (QED) is 0.205. The fourth-order valence-electron chi connectivity index (χ4n) is 3.40. The number of carbonyl (C=O) groups excluding carboxylic acids is 1. The van der Waals surface area contributed by atoms with Crippen LogP contribution < -0.4 is 10.8 Å². The van der Waals surface area contributed by atoms with Gasteiger partial charge in [-0.05, 0) is 25.5 Å². The van der Waals surface area contributed by atoms with Crippen LogP contribution in [0.25, 0.3) is 5.52 Å². The van der Waals surface area contributed by atoms with E-state index in [1.54, 1.807) is 12.1 Å². The number of ether oxygens (including phenoxy) is 2. The van der Waals surface area contributed by atoms with Crippen molar-refractivity contribution in [2.45, 2.75) is 63.6 Å². The highest BCUT2D eigenvalue weighted by Crippen LogP contribution is 2.35. The van der Waals surface area contributed by atoms with E-state index in [0.717, 1.165) is 19.3 Å². The average molecular weight is 471 g/mol. The van der Waals surface area contributed by atoms with Crippen LogP contribution in [0.4, 0.5) is 5.82 Å². The first-order chi connectivity index (χ1) is 15.3. The van der Waals surface area contributed by atoms with Crippen LogP contribution in [0.3, 0.4) is 0 Å². The first-order valence-corrected chi connectivity index (χ1v) is 11.8. The van der Waals surface area contributed by atoms with E-state index in [-0.39, 0.29) is 12.4 Å². The second-order valence-electron chi connectivity index (χ2n) is 7.62. The predicted octanol–water partition coefficient (Wildman–Crippen LogP) is 0.591. The third-order valence-electron chi connectivity index (χ3n) is 5.22. The van der Waals surface area contributed by atoms with E-state index in [0.29, 0.717) is 17.8 Å². The maximum atomic E-state index is 12.2. The molecule has 0 bridgehead atoms. The van der Waals surface area contributed by atoms with E-state index < -0.39 is 44.6 Å². The van der Waals surface area contributed by atoms with Crippen LogP contribution >= 0.6 is 8.18 Å². The second-order valence-corrected chi connectivity index (χ2v) is 8.77. The molecule has 0 aromatic carbocycles. The number of nitrogen functional groups attached to an aromatic ring is 1. The maximum absolute atomic E-state index is 12.2. The monoisotopic (exact) mass is 471 g/mol. The smallest absolute Gasteiger partial charge is 0.323 e. The van der Waals surface area contributed by atoms with Gasteiger partial charge >= 0.3 is 5.97 Å². The van der Waals surface area contributed by atoms with Crippen molar-refractivity contribution in [3.63, 3.8) is 0 Å². The van der Waals surface area contributed by atoms with Gasteiger partial charge in [-0.2, -0.15) is 5.10 Å². The summed E-state index contributed by atoms with van der Waals surface area (Å²) in [6.07, 6.45) is -0.348. The van der Waals surface area contributed by atoms with E-state index in [1.165, 1.54) is 17.8 Å². The summed E-state index contributed by atoms with van der Waals surface area (Å²) in [6.45, 7) is 3.64. The Morgan fingerprint density at radius 1 is 1.38 bits per heavy atom. The molecule has 2 aromatic heterocycles. The number of esters is 1. The predicted molar refractivity (Wildman–Crippen MR) is 115 cm³/mol. The molecule has 32 heavy (non-hydrogen) atoms. The number of aliphatic hydroxyl groups excluding tert-OH is 2. The fourth-order valence-corrected chi connectivity index (χ4v) is 4.27. The molecule has 13 heteroatoms. The number of aliphatic hydroxyl groups is 2. The van der Waals surface area contributed by atoms with E-state index in [2.05, 4.69) is 15.2 Å². The van der Waals surface area contributed by atoms with Gasteiger partial charge in [0.2, 0.25) is 0 Å². The highest BCUT2D eigenvalue weighted by Gasteiger charge is 2.45. The Hall–Kier alpha value is -2.08. The minimum Gasteiger partial charge on any atom is -0.465 e. The minimum absolute atomic E-state index is 0.252. The molecule has 6 atom stereocenters. The van der Waals surface area contributed by atoms with Crippen molar-refractivity contribution in [3.05, 3.63) is 24.2 Å². The van der Waals surface area contributed by atoms with E-state index in [9.17, 15) is 19.6 Å². The Morgan fingerprint density at radius 2 is 2.16 bits per heavy atom. The Balaban J connectivity index is 1.52. The van der Waals surface area contributed by atoms with Crippen molar-refractivity contribution in [1.29, 1.82) is 0 Å². The van der Waals surface area contributed by atoms with Gasteiger partial charge in [0.15, 0.2) is 5.82 Å². The molecule has 2 aromatic rings. The number of hydrogen-bond acceptors (Lipinski definition) is 10. The van der Waals surface area contributed by atoms with Gasteiger partial charge in [-0.25, -0.2) is 14.6 Å². The van der Waals surface area contributed by atoms with Gasteiger partial charge in [0.1, 0.15) is 42.3 Å². The third kappa shape index (κ3) is 5.64. The number of unbranched alkanes of at least 4 members (excludes halogenated alkanes) is 2. The zero-order valence-corrected chi connectivity index (χ0v) is 19.0. The van der Waals surface area contributed by atoms with Crippen molar-refractivity contribution in [1.82, 2.24) is 19.7 Å². The molecular formula is C19H30N5O7P. The lowest BCUT2D eigenvalue weighted by Crippen LogP contribution is -2.34. The number of nitrogens with one attached hydrogen (secondary N) is 1. The van der Waals surface area contributed by atoms with Crippen LogP contribution in [0.5, 0.6) is 0 Å². The van der Waals surface area contributed by atoms with Crippen LogP contribution in [-0.2, 0) is 23.4 Å². The third-order valence-corrected chi connectivity index (χ3v) is 6.32. The maximum Gasteiger partial charge on any atom is 0.323 e. The Labute approximate surface area is 186 Å². The van der Waals surface area contributed by atoms with Crippen LogP contribution in [0, 0.1) is 0 Å². The summed E-state index contributed by atoms with van der Waals surface area (Å²) in [5, 5.41) is 27.5. The van der Waals surface area contributed by atoms with Gasteiger partial charge in [-0.1, -0.05) is 19.8 Å². The number of nitrogens with zero attached hydrogens (tertiary/aromatic N) is 3. The van der Waals surface area contributed by atoms with Crippen molar-refractivity contribution in [2.24, 2.45) is 0 Å². The highest BCUT2D eigenvalue weighted by molar-refractivity contribution is 7.36. The lowest BCUT2D eigenvalue weighted by atomic mass is 10.1. The van der Waals surface area contributed by atoms with Crippen LogP contribution in [0.2, 0.25) is 0 Å². The molecule has 3 heterocycles. The lowest BCUT2D eigenvalue weighted by Gasteiger charge is -2.17. The van der Waals surface area contributed by atoms with Crippen molar-refractivity contribution in [3.8, 4) is 0 Å². The summed E-state index contributed by atoms with van der Waals surface area (Å²) in [6, 6.07) is 2.54. The van der Waals surface area contributed by atoms with Gasteiger partial charge in [-0.15, -0.1) is 0 Å².